The summed E-state index contributed by atoms with van der Waals surface area (Å²) in [5, 5.41) is 0. The van der Waals surface area contributed by atoms with E-state index in [9.17, 15) is 0 Å². The number of nitrogens with zero attached hydrogens (tertiary/aromatic N) is 3. The quantitative estimate of drug-likeness (QED) is 0.159. The summed E-state index contributed by atoms with van der Waals surface area (Å²) in [5.74, 6) is 0. The molecule has 3 nitrogen and oxygen atoms in total. The van der Waals surface area contributed by atoms with Crippen LogP contribution in [0.15, 0.2) is 164 Å². The molecular formula is C71H78BN3. The van der Waals surface area contributed by atoms with Crippen molar-refractivity contribution in [3.05, 3.63) is 203 Å². The lowest BCUT2D eigenvalue weighted by molar-refractivity contribution is 0.590. The molecule has 0 spiro atoms. The van der Waals surface area contributed by atoms with Crippen LogP contribution in [0.1, 0.15) is 157 Å². The lowest BCUT2D eigenvalue weighted by Crippen LogP contribution is -2.62. The van der Waals surface area contributed by atoms with Gasteiger partial charge in [0.05, 0.1) is 11.4 Å². The number of rotatable bonds is 5. The zero-order valence-corrected chi connectivity index (χ0v) is 48.0. The van der Waals surface area contributed by atoms with E-state index in [2.05, 4.69) is 296 Å². The van der Waals surface area contributed by atoms with Crippen molar-refractivity contribution in [1.29, 1.82) is 0 Å². The molecule has 0 aromatic heterocycles. The van der Waals surface area contributed by atoms with E-state index in [-0.39, 0.29) is 39.2 Å². The second-order valence-corrected chi connectivity index (χ2v) is 27.6. The minimum Gasteiger partial charge on any atom is -0.311 e. The molecular weight excluding hydrogens is 906 g/mol. The Hall–Kier alpha value is -6.78. The summed E-state index contributed by atoms with van der Waals surface area (Å²) in [4.78, 5) is 7.84. The van der Waals surface area contributed by atoms with Gasteiger partial charge in [-0.1, -0.05) is 215 Å². The van der Waals surface area contributed by atoms with Crippen molar-refractivity contribution in [2.24, 2.45) is 0 Å². The summed E-state index contributed by atoms with van der Waals surface area (Å²) < 4.78 is 0. The largest absolute Gasteiger partial charge is 0.311 e. The minimum absolute atomic E-state index is 0.00588. The molecule has 0 bridgehead atoms. The van der Waals surface area contributed by atoms with Crippen LogP contribution in [-0.4, -0.2) is 6.71 Å². The van der Waals surface area contributed by atoms with Crippen LogP contribution in [0.3, 0.4) is 0 Å². The highest BCUT2D eigenvalue weighted by Crippen LogP contribution is 2.59. The van der Waals surface area contributed by atoms with Crippen molar-refractivity contribution < 1.29 is 0 Å². The van der Waals surface area contributed by atoms with Crippen molar-refractivity contribution >= 4 is 74.3 Å². The van der Waals surface area contributed by atoms with E-state index in [0.29, 0.717) is 0 Å². The van der Waals surface area contributed by atoms with Crippen LogP contribution in [0, 0.1) is 0 Å². The Labute approximate surface area is 450 Å². The Morgan fingerprint density at radius 3 is 1.29 bits per heavy atom. The Balaban J connectivity index is 1.32. The molecule has 0 saturated heterocycles. The van der Waals surface area contributed by atoms with Crippen LogP contribution in [-0.2, 0) is 32.5 Å². The zero-order valence-electron chi connectivity index (χ0n) is 48.0. The summed E-state index contributed by atoms with van der Waals surface area (Å²) >= 11 is 0. The lowest BCUT2D eigenvalue weighted by Gasteiger charge is -2.46. The molecule has 3 aliphatic rings. The van der Waals surface area contributed by atoms with Crippen LogP contribution in [0.5, 0.6) is 0 Å². The van der Waals surface area contributed by atoms with Gasteiger partial charge < -0.3 is 14.7 Å². The Kier molecular flexibility index (Phi) is 11.5. The minimum atomic E-state index is -0.294. The van der Waals surface area contributed by atoms with E-state index in [1.807, 2.05) is 0 Å². The number of anilines is 9. The summed E-state index contributed by atoms with van der Waals surface area (Å²) in [6, 6.07) is 64.2. The molecule has 0 amide bonds. The lowest BCUT2D eigenvalue weighted by atomic mass is 9.33. The van der Waals surface area contributed by atoms with Gasteiger partial charge in [-0.15, -0.1) is 0 Å². The van der Waals surface area contributed by atoms with E-state index in [0.717, 1.165) is 17.1 Å². The van der Waals surface area contributed by atoms with E-state index >= 15 is 0 Å². The molecule has 1 aliphatic carbocycles. The number of hydrogen-bond donors (Lipinski definition) is 0. The van der Waals surface area contributed by atoms with Gasteiger partial charge in [-0.25, -0.2) is 0 Å². The third kappa shape index (κ3) is 8.34. The zero-order chi connectivity index (χ0) is 53.5. The van der Waals surface area contributed by atoms with Gasteiger partial charge in [0.2, 0.25) is 0 Å². The average molecular weight is 984 g/mol. The standard InChI is InChI=1S/C71H78BN3/c1-66(2,3)45-25-34-50(35-26-45)73(51-36-27-46(28-37-51)67(4,5)6)65-62-54-21-18-19-22-55(54)71(16,17)56(62)44-58-64(65)75(53-40-31-48(32-41-53)69(10,11)12)61-24-20-23-60-63(61)72(58)57-43-49(70(13,14)15)33-42-59(57)74(60)52-38-29-47(30-39-52)68(7,8)9/h18-44H,1-17H3. The second-order valence-electron chi connectivity index (χ2n) is 27.6. The normalized spacial score (nSPS) is 14.8. The maximum Gasteiger partial charge on any atom is 0.252 e. The molecule has 0 saturated carbocycles. The van der Waals surface area contributed by atoms with Crippen molar-refractivity contribution in [2.75, 3.05) is 14.7 Å². The predicted molar refractivity (Wildman–Crippen MR) is 326 cm³/mol. The van der Waals surface area contributed by atoms with Gasteiger partial charge >= 0.3 is 0 Å². The second kappa shape index (κ2) is 17.1. The molecule has 0 N–H and O–H groups in total. The summed E-state index contributed by atoms with van der Waals surface area (Å²) in [5.41, 5.74) is 26.2. The number of hydrogen-bond acceptors (Lipinski definition) is 3. The number of benzene rings is 8. The maximum absolute atomic E-state index is 2.65. The molecule has 75 heavy (non-hydrogen) atoms. The third-order valence-electron chi connectivity index (χ3n) is 16.8. The van der Waals surface area contributed by atoms with Gasteiger partial charge in [-0.2, -0.15) is 0 Å². The molecule has 380 valence electrons. The first-order chi connectivity index (χ1) is 35.1. The highest BCUT2D eigenvalue weighted by Gasteiger charge is 2.49. The van der Waals surface area contributed by atoms with Crippen molar-refractivity contribution in [3.8, 4) is 11.1 Å². The summed E-state index contributed by atoms with van der Waals surface area (Å²) in [7, 11) is 0. The average Bonchev–Trinajstić information content (AvgIpc) is 3.60. The van der Waals surface area contributed by atoms with Gasteiger partial charge in [0.25, 0.3) is 6.71 Å². The van der Waals surface area contributed by atoms with Crippen molar-refractivity contribution in [3.63, 3.8) is 0 Å². The molecule has 4 heteroatoms. The third-order valence-corrected chi connectivity index (χ3v) is 16.8. The molecule has 0 unspecified atom stereocenters. The van der Waals surface area contributed by atoms with Gasteiger partial charge in [-0.3, -0.25) is 0 Å². The monoisotopic (exact) mass is 984 g/mol. The van der Waals surface area contributed by atoms with Crippen molar-refractivity contribution in [1.82, 2.24) is 0 Å². The molecule has 0 atom stereocenters. The smallest absolute Gasteiger partial charge is 0.252 e. The fraction of sp³-hybridized carbons (Fsp3) is 0.324. The van der Waals surface area contributed by atoms with E-state index < -0.39 is 0 Å². The Bertz CT molecular complexity index is 3450. The van der Waals surface area contributed by atoms with Crippen LogP contribution < -0.4 is 31.1 Å². The van der Waals surface area contributed by atoms with E-state index in [1.165, 1.54) is 101 Å². The molecule has 0 radical (unpaired) electrons. The summed E-state index contributed by atoms with van der Waals surface area (Å²) in [6.07, 6.45) is 0. The van der Waals surface area contributed by atoms with Gasteiger partial charge in [0, 0.05) is 50.8 Å². The number of fused-ring (bicyclic) bond motifs is 7. The SMILES string of the molecule is CC(C)(C)c1ccc(N2c3ccc(C(C)(C)C)cc3B3c4cc5c(c(N(c6ccc(C(C)(C)C)cc6)c6ccc(C(C)(C)C)cc6)c4N(c4ccc(C(C)(C)C)cc4)c4cccc2c43)-c2ccccc2C5(C)C)cc1. The molecule has 8 aromatic carbocycles. The molecule has 8 aromatic rings. The molecule has 2 aliphatic heterocycles. The maximum atomic E-state index is 2.65. The fourth-order valence-electron chi connectivity index (χ4n) is 12.3. The molecule has 0 fully saturated rings. The molecule has 11 rings (SSSR count). The van der Waals surface area contributed by atoms with E-state index in [1.54, 1.807) is 0 Å². The van der Waals surface area contributed by atoms with Crippen LogP contribution in [0.25, 0.3) is 11.1 Å². The van der Waals surface area contributed by atoms with Gasteiger partial charge in [-0.05, 0) is 155 Å². The predicted octanol–water partition coefficient (Wildman–Crippen LogP) is 18.0. The first kappa shape index (κ1) is 50.4. The van der Waals surface area contributed by atoms with E-state index in [4.69, 9.17) is 0 Å². The highest BCUT2D eigenvalue weighted by atomic mass is 15.2. The van der Waals surface area contributed by atoms with Gasteiger partial charge in [0.1, 0.15) is 0 Å². The topological polar surface area (TPSA) is 9.72 Å². The Morgan fingerprint density at radius 1 is 0.387 bits per heavy atom. The van der Waals surface area contributed by atoms with Crippen LogP contribution in [0.2, 0.25) is 0 Å². The fourth-order valence-corrected chi connectivity index (χ4v) is 12.3. The summed E-state index contributed by atoms with van der Waals surface area (Å²) in [6.45, 7) is 39.6. The van der Waals surface area contributed by atoms with Crippen LogP contribution in [0.4, 0.5) is 51.2 Å². The van der Waals surface area contributed by atoms with Crippen LogP contribution >= 0.6 is 0 Å². The molecule has 2 heterocycles. The van der Waals surface area contributed by atoms with Crippen molar-refractivity contribution in [2.45, 2.75) is 150 Å². The first-order valence-electron chi connectivity index (χ1n) is 27.6. The first-order valence-corrected chi connectivity index (χ1v) is 27.6. The highest BCUT2D eigenvalue weighted by molar-refractivity contribution is 7.00. The van der Waals surface area contributed by atoms with Gasteiger partial charge in [0.15, 0.2) is 0 Å². The Morgan fingerprint density at radius 2 is 0.813 bits per heavy atom.